The fraction of sp³-hybridized carbons (Fsp3) is 0.308. The molecule has 1 fully saturated rings. The molecule has 1 saturated heterocycles. The fourth-order valence-electron chi connectivity index (χ4n) is 4.84. The molecule has 0 spiro atoms. The standard InChI is InChI=1S/C26H27N3O2/c1-17-6-5-9-24(18(17)2)29-16-20(14-25(29)30)26(31)28-12-10-19(11-13-28)22-15-27-23-8-4-3-7-21(22)23/h3-10,15,20,27H,11-14,16H2,1-2H3/t20-/m0/s1. The Bertz CT molecular complexity index is 1210. The Morgan fingerprint density at radius 1 is 1.10 bits per heavy atom. The highest BCUT2D eigenvalue weighted by Gasteiger charge is 2.38. The van der Waals surface area contributed by atoms with E-state index < -0.39 is 0 Å². The van der Waals surface area contributed by atoms with Crippen LogP contribution in [-0.4, -0.2) is 41.3 Å². The van der Waals surface area contributed by atoms with Crippen molar-refractivity contribution in [1.82, 2.24) is 9.88 Å². The number of aromatic nitrogens is 1. The molecule has 158 valence electrons. The minimum absolute atomic E-state index is 0.0408. The van der Waals surface area contributed by atoms with Crippen molar-refractivity contribution in [2.45, 2.75) is 26.7 Å². The van der Waals surface area contributed by atoms with E-state index in [1.807, 2.05) is 43.0 Å². The second-order valence-electron chi connectivity index (χ2n) is 8.64. The Hall–Kier alpha value is -3.34. The van der Waals surface area contributed by atoms with Gasteiger partial charge in [0.15, 0.2) is 0 Å². The van der Waals surface area contributed by atoms with Crippen LogP contribution in [-0.2, 0) is 9.59 Å². The molecule has 31 heavy (non-hydrogen) atoms. The van der Waals surface area contributed by atoms with Crippen LogP contribution in [0.25, 0.3) is 16.5 Å². The Balaban J connectivity index is 1.29. The number of aromatic amines is 1. The van der Waals surface area contributed by atoms with Gasteiger partial charge in [-0.05, 0) is 49.1 Å². The number of rotatable bonds is 3. The number of nitrogens with one attached hydrogen (secondary N) is 1. The average molecular weight is 414 g/mol. The van der Waals surface area contributed by atoms with Crippen molar-refractivity contribution in [2.75, 3.05) is 24.5 Å². The van der Waals surface area contributed by atoms with E-state index in [0.29, 0.717) is 26.1 Å². The lowest BCUT2D eigenvalue weighted by Crippen LogP contribution is -2.40. The largest absolute Gasteiger partial charge is 0.361 e. The van der Waals surface area contributed by atoms with Crippen LogP contribution in [0, 0.1) is 19.8 Å². The predicted molar refractivity (Wildman–Crippen MR) is 124 cm³/mol. The maximum absolute atomic E-state index is 13.2. The number of anilines is 1. The second-order valence-corrected chi connectivity index (χ2v) is 8.64. The summed E-state index contributed by atoms with van der Waals surface area (Å²) in [6.07, 6.45) is 5.35. The molecule has 3 heterocycles. The third kappa shape index (κ3) is 3.44. The number of carbonyl (C=O) groups is 2. The smallest absolute Gasteiger partial charge is 0.228 e. The van der Waals surface area contributed by atoms with Gasteiger partial charge < -0.3 is 14.8 Å². The van der Waals surface area contributed by atoms with Gasteiger partial charge in [0.05, 0.1) is 5.92 Å². The van der Waals surface area contributed by atoms with Gasteiger partial charge in [0.25, 0.3) is 0 Å². The topological polar surface area (TPSA) is 56.4 Å². The van der Waals surface area contributed by atoms with Gasteiger partial charge in [-0.1, -0.05) is 36.4 Å². The minimum atomic E-state index is -0.268. The molecular formula is C26H27N3O2. The first-order chi connectivity index (χ1) is 15.0. The van der Waals surface area contributed by atoms with Crippen molar-refractivity contribution >= 4 is 34.0 Å². The highest BCUT2D eigenvalue weighted by atomic mass is 16.2. The van der Waals surface area contributed by atoms with Gasteiger partial charge in [-0.2, -0.15) is 0 Å². The number of hydrogen-bond acceptors (Lipinski definition) is 2. The normalized spacial score (nSPS) is 19.2. The molecule has 1 aromatic heterocycles. The van der Waals surface area contributed by atoms with Gasteiger partial charge in [-0.15, -0.1) is 0 Å². The minimum Gasteiger partial charge on any atom is -0.361 e. The summed E-state index contributed by atoms with van der Waals surface area (Å²) < 4.78 is 0. The number of benzene rings is 2. The summed E-state index contributed by atoms with van der Waals surface area (Å²) in [4.78, 5) is 32.9. The van der Waals surface area contributed by atoms with Crippen LogP contribution in [0.1, 0.15) is 29.5 Å². The van der Waals surface area contributed by atoms with Gasteiger partial charge in [0.1, 0.15) is 0 Å². The molecule has 1 N–H and O–H groups in total. The van der Waals surface area contributed by atoms with Crippen molar-refractivity contribution in [1.29, 1.82) is 0 Å². The first-order valence-corrected chi connectivity index (χ1v) is 10.9. The van der Waals surface area contributed by atoms with Crippen LogP contribution in [0.15, 0.2) is 54.7 Å². The summed E-state index contributed by atoms with van der Waals surface area (Å²) in [5, 5.41) is 1.22. The zero-order valence-electron chi connectivity index (χ0n) is 18.0. The molecule has 2 aliphatic rings. The number of para-hydroxylation sites is 1. The molecule has 1 atom stereocenters. The van der Waals surface area contributed by atoms with Gasteiger partial charge in [0.2, 0.25) is 11.8 Å². The lowest BCUT2D eigenvalue weighted by atomic mass is 9.97. The maximum Gasteiger partial charge on any atom is 0.228 e. The van der Waals surface area contributed by atoms with E-state index in [-0.39, 0.29) is 17.7 Å². The molecule has 3 aromatic rings. The summed E-state index contributed by atoms with van der Waals surface area (Å²) in [5.74, 6) is -0.134. The summed E-state index contributed by atoms with van der Waals surface area (Å²) in [7, 11) is 0. The Kier molecular flexibility index (Phi) is 4.89. The van der Waals surface area contributed by atoms with Gasteiger partial charge in [-0.25, -0.2) is 0 Å². The Labute approximate surface area is 182 Å². The van der Waals surface area contributed by atoms with Gasteiger partial charge in [-0.3, -0.25) is 9.59 Å². The fourth-order valence-corrected chi connectivity index (χ4v) is 4.84. The van der Waals surface area contributed by atoms with Gasteiger partial charge in [0, 0.05) is 54.4 Å². The molecule has 2 aromatic carbocycles. The second kappa shape index (κ2) is 7.73. The van der Waals surface area contributed by atoms with E-state index in [9.17, 15) is 9.59 Å². The summed E-state index contributed by atoms with van der Waals surface area (Å²) in [5.41, 5.74) is 6.83. The third-order valence-corrected chi connectivity index (χ3v) is 6.80. The van der Waals surface area contributed by atoms with E-state index in [1.54, 1.807) is 4.90 Å². The molecule has 0 unspecified atom stereocenters. The molecule has 0 aliphatic carbocycles. The van der Waals surface area contributed by atoms with Crippen LogP contribution >= 0.6 is 0 Å². The Morgan fingerprint density at radius 2 is 1.94 bits per heavy atom. The van der Waals surface area contributed by atoms with Crippen molar-refractivity contribution < 1.29 is 9.59 Å². The number of H-pyrrole nitrogens is 1. The van der Waals surface area contributed by atoms with Crippen LogP contribution in [0.4, 0.5) is 5.69 Å². The molecule has 2 amide bonds. The number of carbonyl (C=O) groups excluding carboxylic acids is 2. The van der Waals surface area contributed by atoms with E-state index >= 15 is 0 Å². The van der Waals surface area contributed by atoms with Crippen molar-refractivity contribution in [2.24, 2.45) is 5.92 Å². The third-order valence-electron chi connectivity index (χ3n) is 6.80. The molecule has 0 saturated carbocycles. The first kappa shape index (κ1) is 19.6. The van der Waals surface area contributed by atoms with Crippen molar-refractivity contribution in [3.63, 3.8) is 0 Å². The zero-order valence-corrected chi connectivity index (χ0v) is 18.0. The maximum atomic E-state index is 13.2. The molecule has 0 radical (unpaired) electrons. The first-order valence-electron chi connectivity index (χ1n) is 10.9. The Morgan fingerprint density at radius 3 is 2.74 bits per heavy atom. The molecule has 0 bridgehead atoms. The molecule has 5 nitrogen and oxygen atoms in total. The zero-order chi connectivity index (χ0) is 21.5. The van der Waals surface area contributed by atoms with E-state index in [2.05, 4.69) is 35.5 Å². The van der Waals surface area contributed by atoms with Gasteiger partial charge >= 0.3 is 0 Å². The number of nitrogens with zero attached hydrogens (tertiary/aromatic N) is 2. The average Bonchev–Trinajstić information content (AvgIpc) is 3.39. The SMILES string of the molecule is Cc1cccc(N2C[C@@H](C(=O)N3CC=C(c4c[nH]c5ccccc45)CC3)CC2=O)c1C. The van der Waals surface area contributed by atoms with Crippen LogP contribution < -0.4 is 4.90 Å². The number of fused-ring (bicyclic) bond motifs is 1. The molecule has 5 heteroatoms. The summed E-state index contributed by atoms with van der Waals surface area (Å²) in [6, 6.07) is 14.3. The van der Waals surface area contributed by atoms with Crippen LogP contribution in [0.3, 0.4) is 0 Å². The molecular weight excluding hydrogens is 386 g/mol. The van der Waals surface area contributed by atoms with Crippen LogP contribution in [0.5, 0.6) is 0 Å². The molecule has 2 aliphatic heterocycles. The highest BCUT2D eigenvalue weighted by Crippen LogP contribution is 2.32. The number of amides is 2. The van der Waals surface area contributed by atoms with Crippen molar-refractivity contribution in [3.8, 4) is 0 Å². The lowest BCUT2D eigenvalue weighted by Gasteiger charge is -2.29. The van der Waals surface area contributed by atoms with E-state index in [0.717, 1.165) is 28.8 Å². The lowest BCUT2D eigenvalue weighted by molar-refractivity contribution is -0.135. The van der Waals surface area contributed by atoms with E-state index in [1.165, 1.54) is 16.5 Å². The quantitative estimate of drug-likeness (QED) is 0.690. The van der Waals surface area contributed by atoms with Crippen molar-refractivity contribution in [3.05, 3.63) is 71.4 Å². The summed E-state index contributed by atoms with van der Waals surface area (Å²) >= 11 is 0. The number of hydrogen-bond donors (Lipinski definition) is 1. The highest BCUT2D eigenvalue weighted by molar-refractivity contribution is 6.01. The van der Waals surface area contributed by atoms with E-state index in [4.69, 9.17) is 0 Å². The van der Waals surface area contributed by atoms with Crippen LogP contribution in [0.2, 0.25) is 0 Å². The molecule has 5 rings (SSSR count). The monoisotopic (exact) mass is 413 g/mol. The number of aryl methyl sites for hydroxylation is 1. The summed E-state index contributed by atoms with van der Waals surface area (Å²) in [6.45, 7) is 5.85. The predicted octanol–water partition coefficient (Wildman–Crippen LogP) is 4.45.